The molecule has 0 radical (unpaired) electrons. The van der Waals surface area contributed by atoms with Gasteiger partial charge in [-0.1, -0.05) is 41.0 Å². The monoisotopic (exact) mass is 281 g/mol. The molecule has 5 unspecified atom stereocenters. The molecule has 2 rings (SSSR count). The van der Waals surface area contributed by atoms with E-state index < -0.39 is 0 Å². The van der Waals surface area contributed by atoms with Crippen LogP contribution in [0.15, 0.2) is 0 Å². The van der Waals surface area contributed by atoms with Crippen molar-refractivity contribution in [3.05, 3.63) is 0 Å². The quantitative estimate of drug-likeness (QED) is 0.832. The minimum atomic E-state index is 0.458. The first-order valence-corrected chi connectivity index (χ1v) is 8.85. The van der Waals surface area contributed by atoms with E-state index in [0.717, 1.165) is 30.4 Å². The maximum atomic E-state index is 5.91. The van der Waals surface area contributed by atoms with Crippen molar-refractivity contribution < 1.29 is 4.74 Å². The summed E-state index contributed by atoms with van der Waals surface area (Å²) in [6.45, 7) is 12.7. The summed E-state index contributed by atoms with van der Waals surface area (Å²) >= 11 is 0. The molecular weight excluding hydrogens is 246 g/mol. The molecule has 1 saturated heterocycles. The first-order valence-electron chi connectivity index (χ1n) is 8.85. The van der Waals surface area contributed by atoms with Crippen LogP contribution >= 0.6 is 0 Å². The Morgan fingerprint density at radius 1 is 0.950 bits per heavy atom. The standard InChI is InChI=1S/C18H35NO/c1-12(2)16-7-6-14(5)10-17(16)19-15-8-9-20-18(11-15)13(3)4/h12-19H,6-11H2,1-5H3. The van der Waals surface area contributed by atoms with E-state index in [0.29, 0.717) is 18.1 Å². The van der Waals surface area contributed by atoms with Gasteiger partial charge in [-0.25, -0.2) is 0 Å². The fraction of sp³-hybridized carbons (Fsp3) is 1.00. The predicted octanol–water partition coefficient (Wildman–Crippen LogP) is 4.24. The molecule has 118 valence electrons. The van der Waals surface area contributed by atoms with Crippen LogP contribution in [-0.2, 0) is 4.74 Å². The van der Waals surface area contributed by atoms with E-state index in [2.05, 4.69) is 39.9 Å². The normalized spacial score (nSPS) is 39.5. The van der Waals surface area contributed by atoms with Crippen LogP contribution in [0.4, 0.5) is 0 Å². The molecule has 2 aliphatic rings. The van der Waals surface area contributed by atoms with Crippen LogP contribution in [0.25, 0.3) is 0 Å². The Hall–Kier alpha value is -0.0800. The van der Waals surface area contributed by atoms with Gasteiger partial charge in [-0.3, -0.25) is 0 Å². The maximum absolute atomic E-state index is 5.91. The average Bonchev–Trinajstić information content (AvgIpc) is 2.38. The van der Waals surface area contributed by atoms with Crippen molar-refractivity contribution in [1.29, 1.82) is 0 Å². The summed E-state index contributed by atoms with van der Waals surface area (Å²) in [5.41, 5.74) is 0. The molecule has 1 heterocycles. The first-order chi connectivity index (χ1) is 9.47. The molecule has 1 aliphatic carbocycles. The lowest BCUT2D eigenvalue weighted by atomic mass is 9.73. The fourth-order valence-corrected chi connectivity index (χ4v) is 4.14. The lowest BCUT2D eigenvalue weighted by Gasteiger charge is -2.42. The van der Waals surface area contributed by atoms with Gasteiger partial charge in [0, 0.05) is 18.7 Å². The van der Waals surface area contributed by atoms with Gasteiger partial charge in [-0.15, -0.1) is 0 Å². The fourth-order valence-electron chi connectivity index (χ4n) is 4.14. The Kier molecular flexibility index (Phi) is 5.92. The van der Waals surface area contributed by atoms with Crippen LogP contribution in [-0.4, -0.2) is 24.8 Å². The lowest BCUT2D eigenvalue weighted by Crippen LogP contribution is -2.50. The first kappa shape index (κ1) is 16.3. The van der Waals surface area contributed by atoms with Crippen LogP contribution in [0.1, 0.15) is 66.7 Å². The van der Waals surface area contributed by atoms with E-state index in [1.165, 1.54) is 32.1 Å². The van der Waals surface area contributed by atoms with Gasteiger partial charge in [-0.05, 0) is 49.4 Å². The molecule has 2 nitrogen and oxygen atoms in total. The summed E-state index contributed by atoms with van der Waals surface area (Å²) < 4.78 is 5.91. The van der Waals surface area contributed by atoms with E-state index in [-0.39, 0.29) is 0 Å². The van der Waals surface area contributed by atoms with Crippen molar-refractivity contribution >= 4 is 0 Å². The number of hydrogen-bond donors (Lipinski definition) is 1. The Bertz CT molecular complexity index is 289. The Morgan fingerprint density at radius 3 is 2.35 bits per heavy atom. The van der Waals surface area contributed by atoms with E-state index in [1.807, 2.05) is 0 Å². The smallest absolute Gasteiger partial charge is 0.0612 e. The predicted molar refractivity (Wildman–Crippen MR) is 85.9 cm³/mol. The van der Waals surface area contributed by atoms with E-state index in [4.69, 9.17) is 4.74 Å². The van der Waals surface area contributed by atoms with Gasteiger partial charge in [0.05, 0.1) is 6.10 Å². The largest absolute Gasteiger partial charge is 0.378 e. The molecule has 1 aliphatic heterocycles. The third kappa shape index (κ3) is 4.21. The zero-order chi connectivity index (χ0) is 14.7. The van der Waals surface area contributed by atoms with Crippen LogP contribution in [0.5, 0.6) is 0 Å². The summed E-state index contributed by atoms with van der Waals surface area (Å²) in [4.78, 5) is 0. The van der Waals surface area contributed by atoms with Gasteiger partial charge in [-0.2, -0.15) is 0 Å². The second-order valence-corrected chi connectivity index (χ2v) is 7.97. The molecule has 0 aromatic heterocycles. The van der Waals surface area contributed by atoms with E-state index in [9.17, 15) is 0 Å². The highest BCUT2D eigenvalue weighted by atomic mass is 16.5. The van der Waals surface area contributed by atoms with E-state index >= 15 is 0 Å². The van der Waals surface area contributed by atoms with Crippen molar-refractivity contribution in [2.24, 2.45) is 23.7 Å². The highest BCUT2D eigenvalue weighted by molar-refractivity contribution is 4.89. The van der Waals surface area contributed by atoms with Crippen LogP contribution in [0.2, 0.25) is 0 Å². The van der Waals surface area contributed by atoms with Crippen molar-refractivity contribution in [3.63, 3.8) is 0 Å². The van der Waals surface area contributed by atoms with Gasteiger partial charge in [0.2, 0.25) is 0 Å². The summed E-state index contributed by atoms with van der Waals surface area (Å²) in [7, 11) is 0. The van der Waals surface area contributed by atoms with Crippen molar-refractivity contribution in [1.82, 2.24) is 5.32 Å². The lowest BCUT2D eigenvalue weighted by molar-refractivity contribution is -0.0291. The summed E-state index contributed by atoms with van der Waals surface area (Å²) in [6.07, 6.45) is 7.05. The van der Waals surface area contributed by atoms with E-state index in [1.54, 1.807) is 0 Å². The molecule has 1 N–H and O–H groups in total. The maximum Gasteiger partial charge on any atom is 0.0612 e. The van der Waals surface area contributed by atoms with Gasteiger partial charge in [0.15, 0.2) is 0 Å². The molecule has 1 saturated carbocycles. The van der Waals surface area contributed by atoms with Crippen molar-refractivity contribution in [2.45, 2.75) is 84.9 Å². The molecule has 0 aromatic rings. The van der Waals surface area contributed by atoms with Crippen LogP contribution < -0.4 is 5.32 Å². The Labute approximate surface area is 126 Å². The van der Waals surface area contributed by atoms with Gasteiger partial charge < -0.3 is 10.1 Å². The number of nitrogens with one attached hydrogen (secondary N) is 1. The van der Waals surface area contributed by atoms with Gasteiger partial charge in [0.1, 0.15) is 0 Å². The molecule has 2 fully saturated rings. The minimum absolute atomic E-state index is 0.458. The topological polar surface area (TPSA) is 21.3 Å². The molecular formula is C18H35NO. The minimum Gasteiger partial charge on any atom is -0.378 e. The van der Waals surface area contributed by atoms with Crippen LogP contribution in [0.3, 0.4) is 0 Å². The SMILES string of the molecule is CC1CCC(C(C)C)C(NC2CCOC(C(C)C)C2)C1. The molecule has 2 heteroatoms. The Morgan fingerprint density at radius 2 is 1.70 bits per heavy atom. The third-order valence-corrected chi connectivity index (χ3v) is 5.53. The molecule has 0 amide bonds. The molecule has 20 heavy (non-hydrogen) atoms. The molecule has 0 spiro atoms. The third-order valence-electron chi connectivity index (χ3n) is 5.53. The molecule has 0 bridgehead atoms. The molecule has 5 atom stereocenters. The number of hydrogen-bond acceptors (Lipinski definition) is 2. The zero-order valence-corrected chi connectivity index (χ0v) is 14.2. The number of ether oxygens (including phenoxy) is 1. The number of rotatable bonds is 4. The zero-order valence-electron chi connectivity index (χ0n) is 14.2. The Balaban J connectivity index is 1.92. The average molecular weight is 281 g/mol. The second kappa shape index (κ2) is 7.26. The van der Waals surface area contributed by atoms with Crippen LogP contribution in [0, 0.1) is 23.7 Å². The summed E-state index contributed by atoms with van der Waals surface area (Å²) in [5.74, 6) is 3.21. The summed E-state index contributed by atoms with van der Waals surface area (Å²) in [5, 5.41) is 4.02. The highest BCUT2D eigenvalue weighted by Crippen LogP contribution is 2.34. The van der Waals surface area contributed by atoms with Gasteiger partial charge >= 0.3 is 0 Å². The highest BCUT2D eigenvalue weighted by Gasteiger charge is 2.33. The second-order valence-electron chi connectivity index (χ2n) is 7.97. The molecule has 0 aromatic carbocycles. The van der Waals surface area contributed by atoms with Crippen molar-refractivity contribution in [2.75, 3.05) is 6.61 Å². The van der Waals surface area contributed by atoms with Gasteiger partial charge in [0.25, 0.3) is 0 Å². The summed E-state index contributed by atoms with van der Waals surface area (Å²) in [6, 6.07) is 1.40. The van der Waals surface area contributed by atoms with Crippen molar-refractivity contribution in [3.8, 4) is 0 Å².